The fourth-order valence-corrected chi connectivity index (χ4v) is 7.14. The average molecular weight is 327 g/mol. The molecule has 0 spiro atoms. The van der Waals surface area contributed by atoms with Gasteiger partial charge in [-0.05, 0) is 62.2 Å². The lowest BCUT2D eigenvalue weighted by Crippen LogP contribution is -2.62. The van der Waals surface area contributed by atoms with Gasteiger partial charge in [-0.2, -0.15) is 0 Å². The van der Waals surface area contributed by atoms with Gasteiger partial charge < -0.3 is 10.2 Å². The van der Waals surface area contributed by atoms with E-state index in [1.165, 1.54) is 25.7 Å². The number of amides is 1. The number of carbonyl (C=O) groups excluding carboxylic acids is 1. The Morgan fingerprint density at radius 3 is 2.27 bits per heavy atom. The zero-order valence-electron chi connectivity index (χ0n) is 14.3. The Kier molecular flexibility index (Phi) is 3.85. The zero-order chi connectivity index (χ0) is 14.9. The summed E-state index contributed by atoms with van der Waals surface area (Å²) < 4.78 is 0. The van der Waals surface area contributed by atoms with E-state index >= 15 is 0 Å². The van der Waals surface area contributed by atoms with E-state index in [4.69, 9.17) is 0 Å². The third-order valence-corrected chi connectivity index (χ3v) is 6.74. The maximum absolute atomic E-state index is 13.4. The molecule has 22 heavy (non-hydrogen) atoms. The van der Waals surface area contributed by atoms with Gasteiger partial charge in [0.25, 0.3) is 0 Å². The lowest BCUT2D eigenvalue weighted by Gasteiger charge is -2.65. The minimum atomic E-state index is -0.0139. The monoisotopic (exact) mass is 326 g/mol. The van der Waals surface area contributed by atoms with E-state index in [-0.39, 0.29) is 17.8 Å². The van der Waals surface area contributed by atoms with E-state index in [1.807, 2.05) is 0 Å². The van der Waals surface area contributed by atoms with E-state index < -0.39 is 0 Å². The highest BCUT2D eigenvalue weighted by Crippen LogP contribution is 2.69. The minimum absolute atomic E-state index is 0. The molecule has 0 aromatic rings. The molecule has 1 N–H and O–H groups in total. The second kappa shape index (κ2) is 5.11. The van der Waals surface area contributed by atoms with Crippen molar-refractivity contribution >= 4 is 18.3 Å². The largest absolute Gasteiger partial charge is 0.339 e. The number of nitrogens with one attached hydrogen (secondary N) is 1. The molecule has 4 heteroatoms. The lowest BCUT2D eigenvalue weighted by atomic mass is 9.40. The number of nitrogens with zero attached hydrogens (tertiary/aromatic N) is 1. The van der Waals surface area contributed by atoms with Crippen LogP contribution in [0, 0.1) is 22.2 Å². The first kappa shape index (κ1) is 16.6. The van der Waals surface area contributed by atoms with Crippen LogP contribution < -0.4 is 5.32 Å². The highest BCUT2D eigenvalue weighted by atomic mass is 35.5. The van der Waals surface area contributed by atoms with Crippen molar-refractivity contribution in [1.82, 2.24) is 10.2 Å². The van der Waals surface area contributed by atoms with E-state index in [9.17, 15) is 4.79 Å². The molecule has 5 fully saturated rings. The van der Waals surface area contributed by atoms with Crippen LogP contribution in [0.3, 0.4) is 0 Å². The van der Waals surface area contributed by atoms with Gasteiger partial charge in [-0.15, -0.1) is 12.4 Å². The van der Waals surface area contributed by atoms with Gasteiger partial charge in [0.05, 0.1) is 5.41 Å². The standard InChI is InChI=1S/C18H30N2O.ClH/c1-13-9-20(5-4-19-13)15(21)18-8-14-6-16(2,11-18)10-17(3,7-14)12-18;/h13-14,19H,4-12H2,1-3H3;1H/t13-,14?,16?,17?,18?;/m1./s1. The second-order valence-corrected chi connectivity index (χ2v) is 9.52. The van der Waals surface area contributed by atoms with E-state index in [0.29, 0.717) is 22.8 Å². The van der Waals surface area contributed by atoms with Crippen LogP contribution in [0.1, 0.15) is 59.3 Å². The second-order valence-electron chi connectivity index (χ2n) is 9.52. The van der Waals surface area contributed by atoms with E-state index in [1.54, 1.807) is 0 Å². The molecular weight excluding hydrogens is 296 g/mol. The molecular formula is C18H31ClN2O. The summed E-state index contributed by atoms with van der Waals surface area (Å²) in [5, 5.41) is 3.46. The molecule has 1 saturated heterocycles. The van der Waals surface area contributed by atoms with Gasteiger partial charge in [0, 0.05) is 25.7 Å². The predicted molar refractivity (Wildman–Crippen MR) is 91.1 cm³/mol. The summed E-state index contributed by atoms with van der Waals surface area (Å²) in [6.07, 6.45) is 7.58. The van der Waals surface area contributed by atoms with Crippen molar-refractivity contribution < 1.29 is 4.79 Å². The van der Waals surface area contributed by atoms with Crippen molar-refractivity contribution in [3.05, 3.63) is 0 Å². The molecule has 1 heterocycles. The van der Waals surface area contributed by atoms with Gasteiger partial charge in [-0.1, -0.05) is 13.8 Å². The first-order valence-corrected chi connectivity index (χ1v) is 8.84. The third kappa shape index (κ3) is 2.49. The molecule has 4 bridgehead atoms. The Hall–Kier alpha value is -0.280. The van der Waals surface area contributed by atoms with Crippen LogP contribution in [0.4, 0.5) is 0 Å². The van der Waals surface area contributed by atoms with Gasteiger partial charge in [0.2, 0.25) is 5.91 Å². The summed E-state index contributed by atoms with van der Waals surface area (Å²) in [4.78, 5) is 15.6. The van der Waals surface area contributed by atoms with Gasteiger partial charge in [0.15, 0.2) is 0 Å². The van der Waals surface area contributed by atoms with Crippen LogP contribution in [0.15, 0.2) is 0 Å². The summed E-state index contributed by atoms with van der Waals surface area (Å²) in [6.45, 7) is 9.88. The molecule has 2 unspecified atom stereocenters. The number of carbonyl (C=O) groups is 1. The fourth-order valence-electron chi connectivity index (χ4n) is 7.14. The van der Waals surface area contributed by atoms with Crippen molar-refractivity contribution in [2.75, 3.05) is 19.6 Å². The molecule has 1 amide bonds. The smallest absolute Gasteiger partial charge is 0.228 e. The van der Waals surface area contributed by atoms with Crippen molar-refractivity contribution in [1.29, 1.82) is 0 Å². The fraction of sp³-hybridized carbons (Fsp3) is 0.944. The Bertz CT molecular complexity index is 462. The molecule has 5 rings (SSSR count). The Morgan fingerprint density at radius 1 is 1.09 bits per heavy atom. The van der Waals surface area contributed by atoms with Crippen LogP contribution in [-0.4, -0.2) is 36.5 Å². The Morgan fingerprint density at radius 2 is 1.73 bits per heavy atom. The van der Waals surface area contributed by atoms with Crippen molar-refractivity contribution in [3.63, 3.8) is 0 Å². The summed E-state index contributed by atoms with van der Waals surface area (Å²) in [5.74, 6) is 1.30. The van der Waals surface area contributed by atoms with Gasteiger partial charge >= 0.3 is 0 Å². The summed E-state index contributed by atoms with van der Waals surface area (Å²) in [7, 11) is 0. The quantitative estimate of drug-likeness (QED) is 0.802. The summed E-state index contributed by atoms with van der Waals surface area (Å²) in [5.41, 5.74) is 0.854. The molecule has 4 aliphatic carbocycles. The van der Waals surface area contributed by atoms with Crippen molar-refractivity contribution in [3.8, 4) is 0 Å². The molecule has 0 aromatic carbocycles. The maximum atomic E-state index is 13.4. The topological polar surface area (TPSA) is 32.3 Å². The molecule has 3 atom stereocenters. The minimum Gasteiger partial charge on any atom is -0.339 e. The van der Waals surface area contributed by atoms with Gasteiger partial charge in [0.1, 0.15) is 0 Å². The molecule has 3 nitrogen and oxygen atoms in total. The van der Waals surface area contributed by atoms with Crippen LogP contribution in [0.5, 0.6) is 0 Å². The first-order valence-electron chi connectivity index (χ1n) is 8.84. The molecule has 1 aliphatic heterocycles. The predicted octanol–water partition coefficient (Wildman–Crippen LogP) is 3.23. The lowest BCUT2D eigenvalue weighted by molar-refractivity contribution is -0.180. The number of rotatable bonds is 1. The molecule has 126 valence electrons. The highest BCUT2D eigenvalue weighted by Gasteiger charge is 2.63. The number of halogens is 1. The summed E-state index contributed by atoms with van der Waals surface area (Å²) >= 11 is 0. The van der Waals surface area contributed by atoms with Crippen LogP contribution in [-0.2, 0) is 4.79 Å². The zero-order valence-corrected chi connectivity index (χ0v) is 15.1. The molecule has 4 saturated carbocycles. The van der Waals surface area contributed by atoms with Crippen LogP contribution in [0.2, 0.25) is 0 Å². The van der Waals surface area contributed by atoms with Gasteiger partial charge in [-0.3, -0.25) is 4.79 Å². The highest BCUT2D eigenvalue weighted by molar-refractivity contribution is 5.85. The number of hydrogen-bond donors (Lipinski definition) is 1. The van der Waals surface area contributed by atoms with Crippen molar-refractivity contribution in [2.45, 2.75) is 65.3 Å². The normalized spacial score (nSPS) is 49.9. The number of piperazine rings is 1. The van der Waals surface area contributed by atoms with E-state index in [2.05, 4.69) is 31.0 Å². The van der Waals surface area contributed by atoms with E-state index in [0.717, 1.165) is 38.4 Å². The van der Waals surface area contributed by atoms with Crippen LogP contribution >= 0.6 is 12.4 Å². The Labute approximate surface area is 141 Å². The number of hydrogen-bond acceptors (Lipinski definition) is 2. The average Bonchev–Trinajstić information content (AvgIpc) is 2.33. The maximum Gasteiger partial charge on any atom is 0.228 e. The molecule has 5 aliphatic rings. The summed E-state index contributed by atoms with van der Waals surface area (Å²) in [6, 6.07) is 0.447. The van der Waals surface area contributed by atoms with Crippen LogP contribution in [0.25, 0.3) is 0 Å². The van der Waals surface area contributed by atoms with Gasteiger partial charge in [-0.25, -0.2) is 0 Å². The molecule has 0 radical (unpaired) electrons. The van der Waals surface area contributed by atoms with Crippen molar-refractivity contribution in [2.24, 2.45) is 22.2 Å². The third-order valence-electron chi connectivity index (χ3n) is 6.74. The SMILES string of the molecule is C[C@@H]1CN(C(=O)C23CC4CC(C)(CC(C)(C4)C2)C3)CCN1.Cl. The first-order chi connectivity index (χ1) is 9.82. The molecule has 0 aromatic heterocycles. The Balaban J connectivity index is 0.00000144.